The predicted octanol–water partition coefficient (Wildman–Crippen LogP) is -1.56. The van der Waals surface area contributed by atoms with Crippen LogP contribution in [0.2, 0.25) is 0 Å². The first kappa shape index (κ1) is 16.0. The maximum absolute atomic E-state index is 11.6. The molecule has 0 aliphatic rings. The van der Waals surface area contributed by atoms with E-state index in [4.69, 9.17) is 4.74 Å². The third-order valence-electron chi connectivity index (χ3n) is 2.73. The Morgan fingerprint density at radius 1 is 1.20 bits per heavy atom. The summed E-state index contributed by atoms with van der Waals surface area (Å²) in [7, 11) is 3.45. The Balaban J connectivity index is 2.15. The van der Waals surface area contributed by atoms with Crippen molar-refractivity contribution in [1.29, 1.82) is 0 Å². The maximum Gasteiger partial charge on any atom is 0.275 e. The van der Waals surface area contributed by atoms with Crippen LogP contribution < -0.4 is 20.3 Å². The molecule has 0 saturated heterocycles. The molecule has 2 amide bonds. The van der Waals surface area contributed by atoms with Crippen LogP contribution in [0.15, 0.2) is 30.3 Å². The van der Waals surface area contributed by atoms with Crippen molar-refractivity contribution in [1.82, 2.24) is 10.6 Å². The normalized spacial score (nSPS) is 11.5. The maximum atomic E-state index is 11.6. The van der Waals surface area contributed by atoms with Gasteiger partial charge >= 0.3 is 0 Å². The van der Waals surface area contributed by atoms with E-state index in [0.717, 1.165) is 10.6 Å². The number of quaternary nitrogens is 1. The number of ether oxygens (including phenoxy) is 1. The average molecular weight is 280 g/mol. The third-order valence-corrected chi connectivity index (χ3v) is 2.73. The van der Waals surface area contributed by atoms with Gasteiger partial charge in [-0.05, 0) is 12.1 Å². The molecule has 1 aromatic carbocycles. The number of para-hydroxylation sites is 1. The minimum atomic E-state index is -0.205. The van der Waals surface area contributed by atoms with E-state index in [1.165, 1.54) is 7.05 Å². The molecule has 0 saturated carbocycles. The lowest BCUT2D eigenvalue weighted by molar-refractivity contribution is -0.871. The van der Waals surface area contributed by atoms with Crippen molar-refractivity contribution in [2.75, 3.05) is 40.3 Å². The Morgan fingerprint density at radius 2 is 1.90 bits per heavy atom. The van der Waals surface area contributed by atoms with E-state index in [0.29, 0.717) is 19.7 Å². The molecule has 20 heavy (non-hydrogen) atoms. The first-order valence-electron chi connectivity index (χ1n) is 6.58. The van der Waals surface area contributed by atoms with Gasteiger partial charge in [-0.2, -0.15) is 0 Å². The van der Waals surface area contributed by atoms with Gasteiger partial charge in [0.25, 0.3) is 5.91 Å². The van der Waals surface area contributed by atoms with Crippen LogP contribution in [0.3, 0.4) is 0 Å². The van der Waals surface area contributed by atoms with Crippen molar-refractivity contribution in [2.45, 2.75) is 0 Å². The minimum absolute atomic E-state index is 0.0170. The molecule has 0 spiro atoms. The summed E-state index contributed by atoms with van der Waals surface area (Å²) in [5.74, 6) is 0.471. The number of amides is 2. The Kier molecular flexibility index (Phi) is 7.13. The number of benzene rings is 1. The smallest absolute Gasteiger partial charge is 0.275 e. The molecule has 1 atom stereocenters. The van der Waals surface area contributed by atoms with Crippen LogP contribution in [0.4, 0.5) is 0 Å². The van der Waals surface area contributed by atoms with Crippen LogP contribution in [-0.2, 0) is 9.59 Å². The summed E-state index contributed by atoms with van der Waals surface area (Å²) in [6.45, 7) is 1.58. The molecule has 1 aromatic rings. The lowest BCUT2D eigenvalue weighted by Gasteiger charge is -2.14. The lowest BCUT2D eigenvalue weighted by atomic mass is 10.3. The summed E-state index contributed by atoms with van der Waals surface area (Å²) >= 11 is 0. The van der Waals surface area contributed by atoms with Gasteiger partial charge in [0.1, 0.15) is 18.9 Å². The first-order chi connectivity index (χ1) is 9.61. The number of likely N-dealkylation sites (N-methyl/N-ethyl adjacent to an activating group) is 2. The molecule has 3 N–H and O–H groups in total. The Bertz CT molecular complexity index is 423. The molecular weight excluding hydrogens is 258 g/mol. The van der Waals surface area contributed by atoms with Crippen LogP contribution in [-0.4, -0.2) is 52.2 Å². The zero-order valence-corrected chi connectivity index (χ0v) is 11.9. The van der Waals surface area contributed by atoms with Crippen molar-refractivity contribution >= 4 is 11.8 Å². The second-order valence-electron chi connectivity index (χ2n) is 4.50. The zero-order chi connectivity index (χ0) is 14.8. The van der Waals surface area contributed by atoms with E-state index >= 15 is 0 Å². The van der Waals surface area contributed by atoms with Crippen LogP contribution in [0.5, 0.6) is 5.75 Å². The first-order valence-corrected chi connectivity index (χ1v) is 6.58. The Labute approximate surface area is 119 Å². The number of nitrogens with one attached hydrogen (secondary N) is 3. The van der Waals surface area contributed by atoms with Crippen molar-refractivity contribution < 1.29 is 19.2 Å². The van der Waals surface area contributed by atoms with Crippen LogP contribution in [0, 0.1) is 0 Å². The fourth-order valence-corrected chi connectivity index (χ4v) is 1.55. The van der Waals surface area contributed by atoms with E-state index < -0.39 is 0 Å². The van der Waals surface area contributed by atoms with Gasteiger partial charge in [0, 0.05) is 7.05 Å². The predicted molar refractivity (Wildman–Crippen MR) is 75.6 cm³/mol. The molecule has 110 valence electrons. The summed E-state index contributed by atoms with van der Waals surface area (Å²) < 4.78 is 5.56. The minimum Gasteiger partial charge on any atom is -0.488 e. The molecule has 0 heterocycles. The highest BCUT2D eigenvalue weighted by atomic mass is 16.5. The van der Waals surface area contributed by atoms with Crippen LogP contribution in [0.1, 0.15) is 0 Å². The van der Waals surface area contributed by atoms with E-state index in [1.807, 2.05) is 37.4 Å². The highest BCUT2D eigenvalue weighted by molar-refractivity contribution is 5.84. The van der Waals surface area contributed by atoms with E-state index in [9.17, 15) is 9.59 Å². The number of carbonyl (C=O) groups is 2. The van der Waals surface area contributed by atoms with Gasteiger partial charge in [-0.25, -0.2) is 0 Å². The Hall–Kier alpha value is -2.08. The number of carbonyl (C=O) groups excluding carboxylic acids is 2. The Morgan fingerprint density at radius 3 is 2.55 bits per heavy atom. The van der Waals surface area contributed by atoms with Gasteiger partial charge < -0.3 is 20.3 Å². The van der Waals surface area contributed by atoms with Crippen molar-refractivity contribution in [3.8, 4) is 5.75 Å². The molecule has 0 aromatic heterocycles. The highest BCUT2D eigenvalue weighted by Crippen LogP contribution is 2.06. The summed E-state index contributed by atoms with van der Waals surface area (Å²) in [6.07, 6.45) is 0. The fraction of sp³-hybridized carbons (Fsp3) is 0.429. The van der Waals surface area contributed by atoms with Gasteiger partial charge in [-0.3, -0.25) is 9.59 Å². The number of hydrogen-bond donors (Lipinski definition) is 3. The van der Waals surface area contributed by atoms with Crippen molar-refractivity contribution in [2.24, 2.45) is 0 Å². The summed E-state index contributed by atoms with van der Waals surface area (Å²) in [5, 5.41) is 5.01. The van der Waals surface area contributed by atoms with Gasteiger partial charge in [0.2, 0.25) is 5.91 Å². The van der Waals surface area contributed by atoms with Gasteiger partial charge in [0.05, 0.1) is 13.6 Å². The lowest BCUT2D eigenvalue weighted by Crippen LogP contribution is -3.10. The molecular formula is C14H22N3O3+. The standard InChI is InChI=1S/C14H21N3O3/c1-15-13(18)10-16-14(19)11-17(2)8-9-20-12-6-4-3-5-7-12/h3-7H,8-11H2,1-2H3,(H,15,18)(H,16,19)/p+1. The van der Waals surface area contributed by atoms with Crippen LogP contribution in [0.25, 0.3) is 0 Å². The zero-order valence-electron chi connectivity index (χ0n) is 11.9. The average Bonchev–Trinajstić information content (AvgIpc) is 2.45. The molecule has 6 nitrogen and oxygen atoms in total. The second-order valence-corrected chi connectivity index (χ2v) is 4.50. The monoisotopic (exact) mass is 280 g/mol. The molecule has 0 aliphatic heterocycles. The molecule has 0 radical (unpaired) electrons. The van der Waals surface area contributed by atoms with E-state index in [1.54, 1.807) is 0 Å². The second kappa shape index (κ2) is 8.92. The largest absolute Gasteiger partial charge is 0.488 e. The molecule has 6 heteroatoms. The number of hydrogen-bond acceptors (Lipinski definition) is 3. The van der Waals surface area contributed by atoms with Gasteiger partial charge in [-0.15, -0.1) is 0 Å². The molecule has 0 fully saturated rings. The van der Waals surface area contributed by atoms with Gasteiger partial charge in [0.15, 0.2) is 6.54 Å². The van der Waals surface area contributed by atoms with Gasteiger partial charge in [-0.1, -0.05) is 18.2 Å². The summed E-state index contributed by atoms with van der Waals surface area (Å²) in [6, 6.07) is 9.55. The molecule has 1 rings (SSSR count). The topological polar surface area (TPSA) is 71.9 Å². The van der Waals surface area contributed by atoms with E-state index in [2.05, 4.69) is 10.6 Å². The SMILES string of the molecule is CNC(=O)CNC(=O)C[NH+](C)CCOc1ccccc1. The van der Waals surface area contributed by atoms with Crippen LogP contribution >= 0.6 is 0 Å². The fourth-order valence-electron chi connectivity index (χ4n) is 1.55. The number of rotatable bonds is 8. The molecule has 1 unspecified atom stereocenters. The van der Waals surface area contributed by atoms with E-state index in [-0.39, 0.29) is 18.4 Å². The quantitative estimate of drug-likeness (QED) is 0.539. The van der Waals surface area contributed by atoms with Crippen molar-refractivity contribution in [3.05, 3.63) is 30.3 Å². The van der Waals surface area contributed by atoms with Crippen molar-refractivity contribution in [3.63, 3.8) is 0 Å². The third kappa shape index (κ3) is 6.75. The summed E-state index contributed by atoms with van der Waals surface area (Å²) in [5.41, 5.74) is 0. The molecule has 0 aliphatic carbocycles. The molecule has 0 bridgehead atoms. The summed E-state index contributed by atoms with van der Waals surface area (Å²) in [4.78, 5) is 23.6. The highest BCUT2D eigenvalue weighted by Gasteiger charge is 2.10.